The number of nitrogens with one attached hydrogen (secondary N) is 2. The van der Waals surface area contributed by atoms with Gasteiger partial charge in [0, 0.05) is 19.5 Å². The Morgan fingerprint density at radius 2 is 1.92 bits per heavy atom. The van der Waals surface area contributed by atoms with Crippen LogP contribution in [0.5, 0.6) is 5.75 Å². The van der Waals surface area contributed by atoms with E-state index < -0.39 is 0 Å². The van der Waals surface area contributed by atoms with Crippen molar-refractivity contribution in [2.45, 2.75) is 19.9 Å². The van der Waals surface area contributed by atoms with Crippen LogP contribution in [0.4, 0.5) is 0 Å². The van der Waals surface area contributed by atoms with Gasteiger partial charge in [-0.3, -0.25) is 0 Å². The van der Waals surface area contributed by atoms with Crippen LogP contribution in [0.1, 0.15) is 18.3 Å². The Balaban J connectivity index is 1.54. The van der Waals surface area contributed by atoms with Gasteiger partial charge in [-0.1, -0.05) is 35.3 Å². The molecule has 0 saturated carbocycles. The van der Waals surface area contributed by atoms with Crippen molar-refractivity contribution < 1.29 is 4.74 Å². The number of aromatic amines is 1. The van der Waals surface area contributed by atoms with Gasteiger partial charge in [0.25, 0.3) is 0 Å². The molecule has 0 spiro atoms. The second-order valence-electron chi connectivity index (χ2n) is 5.45. The first-order valence-electron chi connectivity index (χ1n) is 7.92. The molecule has 6 heteroatoms. The van der Waals surface area contributed by atoms with Crippen molar-refractivity contribution in [1.29, 1.82) is 0 Å². The highest BCUT2D eigenvalue weighted by molar-refractivity contribution is 6.37. The average Bonchev–Trinajstić information content (AvgIpc) is 2.98. The van der Waals surface area contributed by atoms with Gasteiger partial charge in [0.15, 0.2) is 5.75 Å². The molecule has 0 saturated heterocycles. The van der Waals surface area contributed by atoms with Crippen molar-refractivity contribution in [3.05, 3.63) is 57.8 Å². The minimum atomic E-state index is 0.536. The fraction of sp³-hybridized carbons (Fsp3) is 0.278. The van der Waals surface area contributed by atoms with Gasteiger partial charge in [-0.25, -0.2) is 4.98 Å². The van der Waals surface area contributed by atoms with Crippen molar-refractivity contribution in [3.63, 3.8) is 0 Å². The SMILES string of the molecule is CCOc1c(Cl)cc(CNCCc2nc3ccccc3[nH]2)cc1Cl. The normalized spacial score (nSPS) is 11.1. The summed E-state index contributed by atoms with van der Waals surface area (Å²) in [6, 6.07) is 11.8. The molecule has 24 heavy (non-hydrogen) atoms. The molecule has 0 aliphatic carbocycles. The van der Waals surface area contributed by atoms with Crippen LogP contribution in [0.15, 0.2) is 36.4 Å². The molecule has 0 bridgehead atoms. The molecule has 0 aliphatic heterocycles. The molecule has 0 aliphatic rings. The molecular formula is C18H19Cl2N3O. The van der Waals surface area contributed by atoms with Gasteiger partial charge in [-0.05, 0) is 36.8 Å². The van der Waals surface area contributed by atoms with Crippen molar-refractivity contribution >= 4 is 34.2 Å². The Kier molecular flexibility index (Phi) is 5.61. The van der Waals surface area contributed by atoms with E-state index in [0.717, 1.165) is 35.4 Å². The Morgan fingerprint density at radius 3 is 2.62 bits per heavy atom. The van der Waals surface area contributed by atoms with Gasteiger partial charge in [0.05, 0.1) is 27.7 Å². The number of aromatic nitrogens is 2. The van der Waals surface area contributed by atoms with E-state index in [1.807, 2.05) is 43.3 Å². The lowest BCUT2D eigenvalue weighted by Crippen LogP contribution is -2.17. The van der Waals surface area contributed by atoms with Crippen molar-refractivity contribution in [1.82, 2.24) is 15.3 Å². The van der Waals surface area contributed by atoms with Gasteiger partial charge < -0.3 is 15.0 Å². The zero-order valence-corrected chi connectivity index (χ0v) is 14.9. The molecule has 0 fully saturated rings. The highest BCUT2D eigenvalue weighted by atomic mass is 35.5. The number of benzene rings is 2. The zero-order chi connectivity index (χ0) is 16.9. The Labute approximate surface area is 151 Å². The minimum absolute atomic E-state index is 0.536. The quantitative estimate of drug-likeness (QED) is 0.603. The van der Waals surface area contributed by atoms with E-state index in [1.165, 1.54) is 0 Å². The number of H-pyrrole nitrogens is 1. The predicted molar refractivity (Wildman–Crippen MR) is 99.1 cm³/mol. The molecule has 2 aromatic carbocycles. The standard InChI is InChI=1S/C18H19Cl2N3O/c1-2-24-18-13(19)9-12(10-14(18)20)11-21-8-7-17-22-15-5-3-4-6-16(15)23-17/h3-6,9-10,21H,2,7-8,11H2,1H3,(H,22,23). The molecule has 3 rings (SSSR count). The summed E-state index contributed by atoms with van der Waals surface area (Å²) >= 11 is 12.4. The van der Waals surface area contributed by atoms with Crippen LogP contribution in [0, 0.1) is 0 Å². The number of imidazole rings is 1. The van der Waals surface area contributed by atoms with Crippen molar-refractivity contribution in [2.75, 3.05) is 13.2 Å². The summed E-state index contributed by atoms with van der Waals surface area (Å²) in [7, 11) is 0. The predicted octanol–water partition coefficient (Wildman–Crippen LogP) is 4.60. The number of fused-ring (bicyclic) bond motifs is 1. The van der Waals surface area contributed by atoms with Crippen LogP contribution in [0.25, 0.3) is 11.0 Å². The van der Waals surface area contributed by atoms with Gasteiger partial charge in [0.1, 0.15) is 5.82 Å². The van der Waals surface area contributed by atoms with E-state index >= 15 is 0 Å². The van der Waals surface area contributed by atoms with Crippen LogP contribution in [0.3, 0.4) is 0 Å². The maximum atomic E-state index is 6.22. The Hall–Kier alpha value is -1.75. The fourth-order valence-electron chi connectivity index (χ4n) is 2.56. The number of halogens is 2. The smallest absolute Gasteiger partial charge is 0.156 e. The summed E-state index contributed by atoms with van der Waals surface area (Å²) in [5, 5.41) is 4.46. The lowest BCUT2D eigenvalue weighted by atomic mass is 10.2. The van der Waals surface area contributed by atoms with E-state index in [4.69, 9.17) is 27.9 Å². The molecule has 2 N–H and O–H groups in total. The van der Waals surface area contributed by atoms with E-state index in [1.54, 1.807) is 0 Å². The summed E-state index contributed by atoms with van der Waals surface area (Å²) in [4.78, 5) is 7.89. The Bertz CT molecular complexity index is 776. The van der Waals surface area contributed by atoms with E-state index in [0.29, 0.717) is 28.9 Å². The average molecular weight is 364 g/mol. The topological polar surface area (TPSA) is 49.9 Å². The maximum absolute atomic E-state index is 6.22. The first-order valence-corrected chi connectivity index (χ1v) is 8.68. The summed E-state index contributed by atoms with van der Waals surface area (Å²) in [6.07, 6.45) is 0.827. The lowest BCUT2D eigenvalue weighted by molar-refractivity contribution is 0.340. The van der Waals surface area contributed by atoms with Crippen LogP contribution in [-0.4, -0.2) is 23.1 Å². The molecule has 0 atom stereocenters. The monoisotopic (exact) mass is 363 g/mol. The third-order valence-electron chi connectivity index (χ3n) is 3.65. The Morgan fingerprint density at radius 1 is 1.17 bits per heavy atom. The van der Waals surface area contributed by atoms with Gasteiger partial charge >= 0.3 is 0 Å². The molecule has 0 radical (unpaired) electrons. The molecule has 3 aromatic rings. The first-order chi connectivity index (χ1) is 11.7. The number of hydrogen-bond acceptors (Lipinski definition) is 3. The second-order valence-corrected chi connectivity index (χ2v) is 6.26. The van der Waals surface area contributed by atoms with Gasteiger partial charge in [-0.15, -0.1) is 0 Å². The maximum Gasteiger partial charge on any atom is 0.156 e. The molecule has 0 unspecified atom stereocenters. The fourth-order valence-corrected chi connectivity index (χ4v) is 3.20. The third kappa shape index (κ3) is 4.01. The van der Waals surface area contributed by atoms with Crippen LogP contribution >= 0.6 is 23.2 Å². The zero-order valence-electron chi connectivity index (χ0n) is 13.4. The van der Waals surface area contributed by atoms with Crippen molar-refractivity contribution in [2.24, 2.45) is 0 Å². The molecule has 4 nitrogen and oxygen atoms in total. The lowest BCUT2D eigenvalue weighted by Gasteiger charge is -2.11. The molecule has 1 heterocycles. The number of nitrogens with zero attached hydrogens (tertiary/aromatic N) is 1. The van der Waals surface area contributed by atoms with E-state index in [9.17, 15) is 0 Å². The summed E-state index contributed by atoms with van der Waals surface area (Å²) in [5.41, 5.74) is 3.09. The number of ether oxygens (including phenoxy) is 1. The van der Waals surface area contributed by atoms with Crippen LogP contribution in [-0.2, 0) is 13.0 Å². The minimum Gasteiger partial charge on any atom is -0.491 e. The van der Waals surface area contributed by atoms with Crippen LogP contribution in [0.2, 0.25) is 10.0 Å². The van der Waals surface area contributed by atoms with Crippen molar-refractivity contribution in [3.8, 4) is 5.75 Å². The molecule has 1 aromatic heterocycles. The summed E-state index contributed by atoms with van der Waals surface area (Å²) in [6.45, 7) is 3.93. The number of para-hydroxylation sites is 2. The highest BCUT2D eigenvalue weighted by Gasteiger charge is 2.09. The number of rotatable bonds is 7. The first kappa shape index (κ1) is 17.1. The van der Waals surface area contributed by atoms with Gasteiger partial charge in [0.2, 0.25) is 0 Å². The molecule has 126 valence electrons. The highest BCUT2D eigenvalue weighted by Crippen LogP contribution is 2.34. The van der Waals surface area contributed by atoms with Gasteiger partial charge in [-0.2, -0.15) is 0 Å². The third-order valence-corrected chi connectivity index (χ3v) is 4.21. The second kappa shape index (κ2) is 7.88. The van der Waals surface area contributed by atoms with E-state index in [2.05, 4.69) is 15.3 Å². The summed E-state index contributed by atoms with van der Waals surface area (Å²) < 4.78 is 5.44. The summed E-state index contributed by atoms with van der Waals surface area (Å²) in [5.74, 6) is 1.53. The van der Waals surface area contributed by atoms with E-state index in [-0.39, 0.29) is 0 Å². The molecular weight excluding hydrogens is 345 g/mol. The largest absolute Gasteiger partial charge is 0.491 e. The van der Waals surface area contributed by atoms with Crippen LogP contribution < -0.4 is 10.1 Å². The molecule has 0 amide bonds. The number of hydrogen-bond donors (Lipinski definition) is 2.